The van der Waals surface area contributed by atoms with Gasteiger partial charge in [0.15, 0.2) is 11.5 Å². The van der Waals surface area contributed by atoms with Crippen LogP contribution >= 0.6 is 34.2 Å². The number of hydrogen-bond donors (Lipinski definition) is 1. The lowest BCUT2D eigenvalue weighted by Gasteiger charge is -2.17. The largest absolute Gasteiger partial charge is 0.490 e. The van der Waals surface area contributed by atoms with Crippen LogP contribution in [0.5, 0.6) is 11.5 Å². The fraction of sp³-hybridized carbons (Fsp3) is 0.250. The first-order valence-corrected chi connectivity index (χ1v) is 8.14. The molecule has 3 rings (SSSR count). The summed E-state index contributed by atoms with van der Waals surface area (Å²) in [4.78, 5) is 0. The van der Waals surface area contributed by atoms with Crippen LogP contribution in [0.25, 0.3) is 0 Å². The molecule has 0 saturated heterocycles. The van der Waals surface area contributed by atoms with Gasteiger partial charge in [0, 0.05) is 21.6 Å². The lowest BCUT2D eigenvalue weighted by molar-refractivity contribution is 0.218. The Morgan fingerprint density at radius 1 is 1.05 bits per heavy atom. The summed E-state index contributed by atoms with van der Waals surface area (Å²) in [7, 11) is 0. The molecule has 2 aromatic carbocycles. The standard InChI is InChI=1S/C16H14ClIO3/c17-12-9-15-14(20-6-3-7-21-15)8-11(12)16(19)10-4-1-2-5-13(10)18/h1-2,4-5,8-9,16,19H,3,6-7H2. The zero-order valence-corrected chi connectivity index (χ0v) is 14.1. The predicted molar refractivity (Wildman–Crippen MR) is 90.3 cm³/mol. The van der Waals surface area contributed by atoms with Gasteiger partial charge < -0.3 is 14.6 Å². The van der Waals surface area contributed by atoms with E-state index in [0.717, 1.165) is 15.6 Å². The van der Waals surface area contributed by atoms with Crippen molar-refractivity contribution in [2.75, 3.05) is 13.2 Å². The number of aliphatic hydroxyl groups is 1. The van der Waals surface area contributed by atoms with Gasteiger partial charge in [-0.3, -0.25) is 0 Å². The summed E-state index contributed by atoms with van der Waals surface area (Å²) in [6, 6.07) is 11.2. The van der Waals surface area contributed by atoms with E-state index in [1.54, 1.807) is 12.1 Å². The molecule has 0 saturated carbocycles. The molecule has 3 nitrogen and oxygen atoms in total. The Hall–Kier alpha value is -0.980. The molecule has 1 N–H and O–H groups in total. The van der Waals surface area contributed by atoms with Crippen LogP contribution < -0.4 is 9.47 Å². The Kier molecular flexibility index (Phi) is 4.57. The Morgan fingerprint density at radius 3 is 2.43 bits per heavy atom. The van der Waals surface area contributed by atoms with Gasteiger partial charge in [-0.2, -0.15) is 0 Å². The van der Waals surface area contributed by atoms with Crippen LogP contribution in [-0.4, -0.2) is 18.3 Å². The first-order valence-electron chi connectivity index (χ1n) is 6.68. The van der Waals surface area contributed by atoms with Crippen LogP contribution in [-0.2, 0) is 0 Å². The topological polar surface area (TPSA) is 38.7 Å². The molecule has 1 unspecified atom stereocenters. The first kappa shape index (κ1) is 14.9. The Labute approximate surface area is 142 Å². The molecule has 0 radical (unpaired) electrons. The van der Waals surface area contributed by atoms with E-state index in [1.807, 2.05) is 24.3 Å². The molecule has 0 aliphatic carbocycles. The van der Waals surface area contributed by atoms with Crippen molar-refractivity contribution in [2.45, 2.75) is 12.5 Å². The second-order valence-electron chi connectivity index (χ2n) is 4.79. The molecule has 2 aromatic rings. The van der Waals surface area contributed by atoms with Crippen LogP contribution in [0.15, 0.2) is 36.4 Å². The van der Waals surface area contributed by atoms with Gasteiger partial charge in [0.25, 0.3) is 0 Å². The number of fused-ring (bicyclic) bond motifs is 1. The quantitative estimate of drug-likeness (QED) is 0.746. The summed E-state index contributed by atoms with van der Waals surface area (Å²) in [6.45, 7) is 1.22. The van der Waals surface area contributed by atoms with Gasteiger partial charge in [0.2, 0.25) is 0 Å². The minimum Gasteiger partial charge on any atom is -0.490 e. The van der Waals surface area contributed by atoms with E-state index >= 15 is 0 Å². The summed E-state index contributed by atoms with van der Waals surface area (Å²) in [5, 5.41) is 11.1. The van der Waals surface area contributed by atoms with Crippen LogP contribution in [0, 0.1) is 3.57 Å². The van der Waals surface area contributed by atoms with E-state index < -0.39 is 6.10 Å². The van der Waals surface area contributed by atoms with Crippen molar-refractivity contribution in [1.82, 2.24) is 0 Å². The summed E-state index contributed by atoms with van der Waals surface area (Å²) < 4.78 is 12.3. The average molecular weight is 417 g/mol. The zero-order valence-electron chi connectivity index (χ0n) is 11.2. The highest BCUT2D eigenvalue weighted by atomic mass is 127. The summed E-state index contributed by atoms with van der Waals surface area (Å²) in [5.41, 5.74) is 1.46. The maximum Gasteiger partial charge on any atom is 0.162 e. The minimum atomic E-state index is -0.789. The van der Waals surface area contributed by atoms with E-state index in [2.05, 4.69) is 22.6 Å². The van der Waals surface area contributed by atoms with Crippen molar-refractivity contribution < 1.29 is 14.6 Å². The number of halogens is 2. The maximum absolute atomic E-state index is 10.6. The first-order chi connectivity index (χ1) is 10.2. The van der Waals surface area contributed by atoms with E-state index in [-0.39, 0.29) is 0 Å². The van der Waals surface area contributed by atoms with E-state index in [1.165, 1.54) is 0 Å². The number of benzene rings is 2. The highest BCUT2D eigenvalue weighted by molar-refractivity contribution is 14.1. The molecular weight excluding hydrogens is 403 g/mol. The summed E-state index contributed by atoms with van der Waals surface area (Å²) in [6.07, 6.45) is 0.0450. The minimum absolute atomic E-state index is 0.478. The number of hydrogen-bond acceptors (Lipinski definition) is 3. The molecular formula is C16H14ClIO3. The summed E-state index contributed by atoms with van der Waals surface area (Å²) in [5.74, 6) is 1.27. The fourth-order valence-electron chi connectivity index (χ4n) is 2.27. The van der Waals surface area contributed by atoms with E-state index in [4.69, 9.17) is 21.1 Å². The number of aliphatic hydroxyl groups excluding tert-OH is 1. The smallest absolute Gasteiger partial charge is 0.162 e. The third-order valence-electron chi connectivity index (χ3n) is 3.36. The molecule has 0 amide bonds. The van der Waals surface area contributed by atoms with Crippen molar-refractivity contribution in [3.63, 3.8) is 0 Å². The van der Waals surface area contributed by atoms with Crippen molar-refractivity contribution in [3.05, 3.63) is 56.1 Å². The molecule has 0 aromatic heterocycles. The van der Waals surface area contributed by atoms with E-state index in [9.17, 15) is 5.11 Å². The van der Waals surface area contributed by atoms with Crippen LogP contribution in [0.3, 0.4) is 0 Å². The van der Waals surface area contributed by atoms with Crippen LogP contribution in [0.2, 0.25) is 5.02 Å². The lowest BCUT2D eigenvalue weighted by Crippen LogP contribution is -2.04. The predicted octanol–water partition coefficient (Wildman–Crippen LogP) is 4.19. The maximum atomic E-state index is 10.6. The average Bonchev–Trinajstić information content (AvgIpc) is 2.71. The van der Waals surface area contributed by atoms with Gasteiger partial charge >= 0.3 is 0 Å². The van der Waals surface area contributed by atoms with Gasteiger partial charge in [-0.25, -0.2) is 0 Å². The molecule has 110 valence electrons. The normalized spacial score (nSPS) is 15.4. The molecule has 5 heteroatoms. The van der Waals surface area contributed by atoms with Crippen LogP contribution in [0.4, 0.5) is 0 Å². The van der Waals surface area contributed by atoms with Crippen molar-refractivity contribution in [3.8, 4) is 11.5 Å². The van der Waals surface area contributed by atoms with Crippen LogP contribution in [0.1, 0.15) is 23.7 Å². The molecule has 1 aliphatic rings. The third kappa shape index (κ3) is 3.12. The lowest BCUT2D eigenvalue weighted by atomic mass is 10.0. The monoisotopic (exact) mass is 416 g/mol. The van der Waals surface area contributed by atoms with Crippen molar-refractivity contribution in [1.29, 1.82) is 0 Å². The van der Waals surface area contributed by atoms with Gasteiger partial charge in [-0.15, -0.1) is 0 Å². The molecule has 0 spiro atoms. The van der Waals surface area contributed by atoms with Crippen molar-refractivity contribution in [2.24, 2.45) is 0 Å². The zero-order chi connectivity index (χ0) is 14.8. The highest BCUT2D eigenvalue weighted by Gasteiger charge is 2.21. The Morgan fingerprint density at radius 2 is 1.71 bits per heavy atom. The number of rotatable bonds is 2. The Balaban J connectivity index is 2.02. The van der Waals surface area contributed by atoms with Gasteiger partial charge in [-0.1, -0.05) is 29.8 Å². The van der Waals surface area contributed by atoms with E-state index in [0.29, 0.717) is 35.3 Å². The number of ether oxygens (including phenoxy) is 2. The SMILES string of the molecule is OC(c1cc2c(cc1Cl)OCCCO2)c1ccccc1I. The second kappa shape index (κ2) is 6.42. The molecule has 1 heterocycles. The molecule has 0 bridgehead atoms. The van der Waals surface area contributed by atoms with Gasteiger partial charge in [0.1, 0.15) is 6.10 Å². The molecule has 1 atom stereocenters. The molecule has 21 heavy (non-hydrogen) atoms. The van der Waals surface area contributed by atoms with Crippen molar-refractivity contribution >= 4 is 34.2 Å². The summed E-state index contributed by atoms with van der Waals surface area (Å²) >= 11 is 8.52. The Bertz CT molecular complexity index is 660. The second-order valence-corrected chi connectivity index (χ2v) is 6.36. The fourth-order valence-corrected chi connectivity index (χ4v) is 3.21. The molecule has 0 fully saturated rings. The van der Waals surface area contributed by atoms with Gasteiger partial charge in [0.05, 0.1) is 18.2 Å². The third-order valence-corrected chi connectivity index (χ3v) is 4.67. The molecule has 1 aliphatic heterocycles. The highest BCUT2D eigenvalue weighted by Crippen LogP contribution is 2.39. The van der Waals surface area contributed by atoms with Gasteiger partial charge in [-0.05, 0) is 40.3 Å².